The predicted octanol–water partition coefficient (Wildman–Crippen LogP) is 8.32. The Morgan fingerprint density at radius 3 is 1.48 bits per heavy atom. The first kappa shape index (κ1) is 19.5. The lowest BCUT2D eigenvalue weighted by Crippen LogP contribution is -2.03. The SMILES string of the molecule is FC(F)(F)c1ccc(-c2ccc(-c3ccc(-c4nc5ccccc5s4)cc3)cc2)cc1. The third kappa shape index (κ3) is 3.97. The third-order valence-electron chi connectivity index (χ3n) is 5.19. The Labute approximate surface area is 181 Å². The molecule has 0 fully saturated rings. The van der Waals surface area contributed by atoms with Gasteiger partial charge in [0.15, 0.2) is 0 Å². The number of hydrogen-bond donors (Lipinski definition) is 0. The molecule has 0 unspecified atom stereocenters. The maximum atomic E-state index is 12.8. The summed E-state index contributed by atoms with van der Waals surface area (Å²) in [4.78, 5) is 4.70. The van der Waals surface area contributed by atoms with Gasteiger partial charge in [-0.1, -0.05) is 72.8 Å². The standard InChI is InChI=1S/C26H16F3NS/c27-26(28,29)22-15-13-20(14-16-22)18-7-5-17(6-8-18)19-9-11-21(12-10-19)25-30-23-3-1-2-4-24(23)31-25/h1-16H. The molecule has 0 N–H and O–H groups in total. The van der Waals surface area contributed by atoms with Crippen LogP contribution in [0.4, 0.5) is 13.2 Å². The average molecular weight is 431 g/mol. The Kier molecular flexibility index (Phi) is 4.83. The van der Waals surface area contributed by atoms with Crippen molar-refractivity contribution >= 4 is 21.6 Å². The van der Waals surface area contributed by atoms with Crippen molar-refractivity contribution in [1.82, 2.24) is 4.98 Å². The third-order valence-corrected chi connectivity index (χ3v) is 6.28. The molecular formula is C26H16F3NS. The molecule has 1 aromatic heterocycles. The number of rotatable bonds is 3. The largest absolute Gasteiger partial charge is 0.416 e. The molecule has 0 aliphatic heterocycles. The molecule has 0 atom stereocenters. The molecule has 5 rings (SSSR count). The van der Waals surface area contributed by atoms with Gasteiger partial charge in [0.2, 0.25) is 0 Å². The number of aromatic nitrogens is 1. The molecule has 0 spiro atoms. The zero-order valence-corrected chi connectivity index (χ0v) is 17.0. The molecule has 5 aromatic rings. The fourth-order valence-electron chi connectivity index (χ4n) is 3.51. The summed E-state index contributed by atoms with van der Waals surface area (Å²) < 4.78 is 39.4. The van der Waals surface area contributed by atoms with Crippen LogP contribution in [0.2, 0.25) is 0 Å². The molecule has 152 valence electrons. The highest BCUT2D eigenvalue weighted by Gasteiger charge is 2.29. The van der Waals surface area contributed by atoms with Gasteiger partial charge in [0.1, 0.15) is 5.01 Å². The van der Waals surface area contributed by atoms with Gasteiger partial charge in [-0.25, -0.2) is 4.98 Å². The minimum Gasteiger partial charge on any atom is -0.236 e. The molecular weight excluding hydrogens is 415 g/mol. The second-order valence-electron chi connectivity index (χ2n) is 7.22. The first-order chi connectivity index (χ1) is 15.0. The Morgan fingerprint density at radius 2 is 1.00 bits per heavy atom. The van der Waals surface area contributed by atoms with Gasteiger partial charge in [-0.2, -0.15) is 13.2 Å². The number of nitrogens with zero attached hydrogens (tertiary/aromatic N) is 1. The number of benzene rings is 4. The molecule has 1 nitrogen and oxygen atoms in total. The summed E-state index contributed by atoms with van der Waals surface area (Å²) in [6, 6.07) is 29.4. The van der Waals surface area contributed by atoms with Crippen molar-refractivity contribution < 1.29 is 13.2 Å². The smallest absolute Gasteiger partial charge is 0.236 e. The maximum absolute atomic E-state index is 12.8. The van der Waals surface area contributed by atoms with E-state index >= 15 is 0 Å². The summed E-state index contributed by atoms with van der Waals surface area (Å²) in [6.45, 7) is 0. The number of alkyl halides is 3. The van der Waals surface area contributed by atoms with Crippen LogP contribution in [0.15, 0.2) is 97.1 Å². The Morgan fingerprint density at radius 1 is 0.548 bits per heavy atom. The fraction of sp³-hybridized carbons (Fsp3) is 0.0385. The lowest BCUT2D eigenvalue weighted by Gasteiger charge is -2.09. The fourth-order valence-corrected chi connectivity index (χ4v) is 4.48. The van der Waals surface area contributed by atoms with E-state index in [2.05, 4.69) is 30.3 Å². The van der Waals surface area contributed by atoms with Gasteiger partial charge < -0.3 is 0 Å². The van der Waals surface area contributed by atoms with Crippen molar-refractivity contribution in [2.24, 2.45) is 0 Å². The van der Waals surface area contributed by atoms with Gasteiger partial charge in [0.25, 0.3) is 0 Å². The molecule has 0 aliphatic carbocycles. The van der Waals surface area contributed by atoms with Crippen molar-refractivity contribution in [1.29, 1.82) is 0 Å². The highest BCUT2D eigenvalue weighted by Crippen LogP contribution is 2.33. The van der Waals surface area contributed by atoms with Crippen LogP contribution in [0.1, 0.15) is 5.56 Å². The quantitative estimate of drug-likeness (QED) is 0.280. The summed E-state index contributed by atoms with van der Waals surface area (Å²) in [7, 11) is 0. The molecule has 0 saturated heterocycles. The number of fused-ring (bicyclic) bond motifs is 1. The van der Waals surface area contributed by atoms with E-state index < -0.39 is 11.7 Å². The average Bonchev–Trinajstić information content (AvgIpc) is 3.23. The normalized spacial score (nSPS) is 11.7. The highest BCUT2D eigenvalue weighted by atomic mass is 32.1. The topological polar surface area (TPSA) is 12.9 Å². The molecule has 31 heavy (non-hydrogen) atoms. The van der Waals surface area contributed by atoms with Crippen molar-refractivity contribution in [3.8, 4) is 32.8 Å². The summed E-state index contributed by atoms with van der Waals surface area (Å²) in [5, 5.41) is 0.991. The summed E-state index contributed by atoms with van der Waals surface area (Å²) >= 11 is 1.67. The van der Waals surface area contributed by atoms with E-state index in [9.17, 15) is 13.2 Å². The Bertz CT molecular complexity index is 1300. The zero-order chi connectivity index (χ0) is 21.4. The molecule has 0 aliphatic rings. The molecule has 5 heteroatoms. The highest BCUT2D eigenvalue weighted by molar-refractivity contribution is 7.21. The first-order valence-corrected chi connectivity index (χ1v) is 10.5. The van der Waals surface area contributed by atoms with Crippen LogP contribution < -0.4 is 0 Å². The van der Waals surface area contributed by atoms with Gasteiger partial charge in [-0.3, -0.25) is 0 Å². The number of hydrogen-bond acceptors (Lipinski definition) is 2. The minimum atomic E-state index is -4.32. The number of para-hydroxylation sites is 1. The summed E-state index contributed by atoms with van der Waals surface area (Å²) in [6.07, 6.45) is -4.32. The van der Waals surface area contributed by atoms with E-state index in [0.29, 0.717) is 0 Å². The minimum absolute atomic E-state index is 0.638. The molecule has 0 bridgehead atoms. The van der Waals surface area contributed by atoms with Crippen LogP contribution in [0.25, 0.3) is 43.0 Å². The van der Waals surface area contributed by atoms with Crippen LogP contribution in [0.3, 0.4) is 0 Å². The van der Waals surface area contributed by atoms with Gasteiger partial charge in [-0.15, -0.1) is 11.3 Å². The lowest BCUT2D eigenvalue weighted by atomic mass is 9.99. The Balaban J connectivity index is 1.37. The van der Waals surface area contributed by atoms with Crippen LogP contribution in [0, 0.1) is 0 Å². The van der Waals surface area contributed by atoms with Crippen LogP contribution >= 0.6 is 11.3 Å². The second-order valence-corrected chi connectivity index (χ2v) is 8.25. The molecule has 1 heterocycles. The molecule has 0 amide bonds. The van der Waals surface area contributed by atoms with E-state index in [1.165, 1.54) is 16.8 Å². The second kappa shape index (κ2) is 7.67. The van der Waals surface area contributed by atoms with Gasteiger partial charge in [0, 0.05) is 5.56 Å². The maximum Gasteiger partial charge on any atom is 0.416 e. The van der Waals surface area contributed by atoms with Gasteiger partial charge in [-0.05, 0) is 46.5 Å². The van der Waals surface area contributed by atoms with E-state index in [-0.39, 0.29) is 0 Å². The monoisotopic (exact) mass is 431 g/mol. The van der Waals surface area contributed by atoms with Crippen molar-refractivity contribution in [3.05, 3.63) is 103 Å². The van der Waals surface area contributed by atoms with E-state index in [1.807, 2.05) is 42.5 Å². The van der Waals surface area contributed by atoms with Crippen molar-refractivity contribution in [2.45, 2.75) is 6.18 Å². The number of thiazole rings is 1. The van der Waals surface area contributed by atoms with Crippen LogP contribution in [0.5, 0.6) is 0 Å². The van der Waals surface area contributed by atoms with Gasteiger partial charge >= 0.3 is 6.18 Å². The van der Waals surface area contributed by atoms with Crippen molar-refractivity contribution in [2.75, 3.05) is 0 Å². The van der Waals surface area contributed by atoms with Gasteiger partial charge in [0.05, 0.1) is 15.8 Å². The molecule has 4 aromatic carbocycles. The molecule has 0 radical (unpaired) electrons. The predicted molar refractivity (Wildman–Crippen MR) is 121 cm³/mol. The van der Waals surface area contributed by atoms with Crippen LogP contribution in [-0.4, -0.2) is 4.98 Å². The first-order valence-electron chi connectivity index (χ1n) is 9.71. The zero-order valence-electron chi connectivity index (χ0n) is 16.2. The van der Waals surface area contributed by atoms with E-state index in [0.717, 1.165) is 50.5 Å². The van der Waals surface area contributed by atoms with Crippen molar-refractivity contribution in [3.63, 3.8) is 0 Å². The van der Waals surface area contributed by atoms with E-state index in [4.69, 9.17) is 4.98 Å². The lowest BCUT2D eigenvalue weighted by molar-refractivity contribution is -0.137. The Hall–Kier alpha value is -3.44. The summed E-state index contributed by atoms with van der Waals surface area (Å²) in [5.41, 5.74) is 5.20. The van der Waals surface area contributed by atoms with Crippen LogP contribution in [-0.2, 0) is 6.18 Å². The molecule has 0 saturated carbocycles. The van der Waals surface area contributed by atoms with E-state index in [1.54, 1.807) is 11.3 Å². The number of halogens is 3. The summed E-state index contributed by atoms with van der Waals surface area (Å²) in [5.74, 6) is 0.